The number of piperazine rings is 1. The predicted octanol–water partition coefficient (Wildman–Crippen LogP) is -0.972. The second-order valence-electron chi connectivity index (χ2n) is 3.91. The van der Waals surface area contributed by atoms with Gasteiger partial charge in [0.05, 0.1) is 13.2 Å². The van der Waals surface area contributed by atoms with Gasteiger partial charge in [0.1, 0.15) is 5.54 Å². The topological polar surface area (TPSA) is 67.4 Å². The van der Waals surface area contributed by atoms with Gasteiger partial charge in [-0.3, -0.25) is 20.2 Å². The van der Waals surface area contributed by atoms with Crippen molar-refractivity contribution >= 4 is 11.8 Å². The van der Waals surface area contributed by atoms with Crippen LogP contribution in [0.5, 0.6) is 0 Å². The lowest BCUT2D eigenvalue weighted by atomic mass is 9.91. The van der Waals surface area contributed by atoms with E-state index < -0.39 is 5.54 Å². The second-order valence-corrected chi connectivity index (χ2v) is 3.91. The lowest BCUT2D eigenvalue weighted by molar-refractivity contribution is -0.141. The van der Waals surface area contributed by atoms with Crippen LogP contribution in [0.1, 0.15) is 12.8 Å². The standard InChI is InChI=1S/C9H14N2O3/c1-14-5-9(6-2-3-6)8(13)11-7(12)4-10-9/h6,10H,2-5H2,1H3,(H,11,12,13). The number of nitrogens with one attached hydrogen (secondary N) is 2. The summed E-state index contributed by atoms with van der Waals surface area (Å²) >= 11 is 0. The van der Waals surface area contributed by atoms with Crippen LogP contribution in [-0.2, 0) is 14.3 Å². The van der Waals surface area contributed by atoms with Crippen molar-refractivity contribution in [2.24, 2.45) is 5.92 Å². The molecule has 5 heteroatoms. The van der Waals surface area contributed by atoms with Crippen molar-refractivity contribution in [2.45, 2.75) is 18.4 Å². The van der Waals surface area contributed by atoms with Gasteiger partial charge in [0.2, 0.25) is 11.8 Å². The molecule has 1 unspecified atom stereocenters. The van der Waals surface area contributed by atoms with E-state index in [0.29, 0.717) is 12.5 Å². The van der Waals surface area contributed by atoms with Gasteiger partial charge in [-0.2, -0.15) is 0 Å². The Bertz CT molecular complexity index is 275. The second kappa shape index (κ2) is 3.33. The van der Waals surface area contributed by atoms with Crippen molar-refractivity contribution in [3.05, 3.63) is 0 Å². The molecule has 1 heterocycles. The third-order valence-corrected chi connectivity index (χ3v) is 2.87. The van der Waals surface area contributed by atoms with Crippen LogP contribution in [0.4, 0.5) is 0 Å². The zero-order valence-electron chi connectivity index (χ0n) is 8.13. The number of hydrogen-bond donors (Lipinski definition) is 2. The summed E-state index contributed by atoms with van der Waals surface area (Å²) in [6.45, 7) is 0.530. The molecule has 0 spiro atoms. The molecule has 0 aromatic rings. The Hall–Kier alpha value is -0.940. The first-order valence-corrected chi connectivity index (χ1v) is 4.77. The maximum absolute atomic E-state index is 11.7. The molecular weight excluding hydrogens is 184 g/mol. The van der Waals surface area contributed by atoms with Crippen molar-refractivity contribution in [1.82, 2.24) is 10.6 Å². The molecule has 2 amide bonds. The zero-order chi connectivity index (χ0) is 10.2. The molecule has 1 aliphatic carbocycles. The smallest absolute Gasteiger partial charge is 0.249 e. The van der Waals surface area contributed by atoms with E-state index in [0.717, 1.165) is 12.8 Å². The highest BCUT2D eigenvalue weighted by atomic mass is 16.5. The van der Waals surface area contributed by atoms with Crippen LogP contribution in [0.15, 0.2) is 0 Å². The summed E-state index contributed by atoms with van der Waals surface area (Å²) in [4.78, 5) is 22.7. The molecule has 1 saturated carbocycles. The van der Waals surface area contributed by atoms with Gasteiger partial charge in [0, 0.05) is 7.11 Å². The van der Waals surface area contributed by atoms with E-state index in [1.54, 1.807) is 7.11 Å². The molecule has 2 fully saturated rings. The van der Waals surface area contributed by atoms with Crippen LogP contribution in [-0.4, -0.2) is 37.6 Å². The van der Waals surface area contributed by atoms with Gasteiger partial charge in [-0.15, -0.1) is 0 Å². The Morgan fingerprint density at radius 1 is 1.50 bits per heavy atom. The van der Waals surface area contributed by atoms with Gasteiger partial charge in [0.15, 0.2) is 0 Å². The molecule has 0 aromatic heterocycles. The summed E-state index contributed by atoms with van der Waals surface area (Å²) in [7, 11) is 1.56. The number of ether oxygens (including phenoxy) is 1. The minimum absolute atomic E-state index is 0.200. The molecule has 0 aromatic carbocycles. The fourth-order valence-corrected chi connectivity index (χ4v) is 1.97. The number of carbonyl (C=O) groups excluding carboxylic acids is 2. The predicted molar refractivity (Wildman–Crippen MR) is 48.5 cm³/mol. The Kier molecular flexibility index (Phi) is 2.28. The monoisotopic (exact) mass is 198 g/mol. The number of hydrogen-bond acceptors (Lipinski definition) is 4. The van der Waals surface area contributed by atoms with Crippen molar-refractivity contribution < 1.29 is 14.3 Å². The minimum atomic E-state index is -0.664. The summed E-state index contributed by atoms with van der Waals surface area (Å²) in [6, 6.07) is 0. The van der Waals surface area contributed by atoms with E-state index in [2.05, 4.69) is 10.6 Å². The molecule has 5 nitrogen and oxygen atoms in total. The summed E-state index contributed by atoms with van der Waals surface area (Å²) in [6.07, 6.45) is 2.05. The van der Waals surface area contributed by atoms with E-state index in [9.17, 15) is 9.59 Å². The Labute approximate surface area is 82.2 Å². The average molecular weight is 198 g/mol. The average Bonchev–Trinajstić information content (AvgIpc) is 2.93. The van der Waals surface area contributed by atoms with Gasteiger partial charge < -0.3 is 4.74 Å². The number of imide groups is 1. The van der Waals surface area contributed by atoms with Crippen molar-refractivity contribution in [2.75, 3.05) is 20.3 Å². The SMILES string of the molecule is COCC1(C2CC2)NCC(=O)NC1=O. The first-order valence-electron chi connectivity index (χ1n) is 4.77. The number of rotatable bonds is 3. The normalized spacial score (nSPS) is 32.9. The fraction of sp³-hybridized carbons (Fsp3) is 0.778. The summed E-state index contributed by atoms with van der Waals surface area (Å²) in [5.74, 6) is -0.184. The van der Waals surface area contributed by atoms with Gasteiger partial charge in [-0.1, -0.05) is 0 Å². The molecule has 2 N–H and O–H groups in total. The van der Waals surface area contributed by atoms with Gasteiger partial charge in [-0.05, 0) is 18.8 Å². The van der Waals surface area contributed by atoms with E-state index in [4.69, 9.17) is 4.74 Å². The fourth-order valence-electron chi connectivity index (χ4n) is 1.97. The van der Waals surface area contributed by atoms with Gasteiger partial charge in [0.25, 0.3) is 0 Å². The molecule has 78 valence electrons. The lowest BCUT2D eigenvalue weighted by Crippen LogP contribution is -2.68. The maximum Gasteiger partial charge on any atom is 0.249 e. The quantitative estimate of drug-likeness (QED) is 0.572. The Balaban J connectivity index is 2.16. The van der Waals surface area contributed by atoms with Crippen LogP contribution in [0.25, 0.3) is 0 Å². The van der Waals surface area contributed by atoms with Crippen LogP contribution in [0.2, 0.25) is 0 Å². The highest BCUT2D eigenvalue weighted by Gasteiger charge is 2.53. The molecule has 2 aliphatic rings. The Morgan fingerprint density at radius 2 is 2.21 bits per heavy atom. The Morgan fingerprint density at radius 3 is 2.71 bits per heavy atom. The van der Waals surface area contributed by atoms with Gasteiger partial charge in [-0.25, -0.2) is 0 Å². The van der Waals surface area contributed by atoms with Crippen molar-refractivity contribution in [1.29, 1.82) is 0 Å². The third kappa shape index (κ3) is 1.42. The zero-order valence-corrected chi connectivity index (χ0v) is 8.13. The molecule has 1 aliphatic heterocycles. The summed E-state index contributed by atoms with van der Waals surface area (Å²) in [5.41, 5.74) is -0.664. The molecule has 2 rings (SSSR count). The maximum atomic E-state index is 11.7. The van der Waals surface area contributed by atoms with Crippen LogP contribution >= 0.6 is 0 Å². The van der Waals surface area contributed by atoms with Gasteiger partial charge >= 0.3 is 0 Å². The van der Waals surface area contributed by atoms with Crippen LogP contribution in [0, 0.1) is 5.92 Å². The largest absolute Gasteiger partial charge is 0.382 e. The van der Waals surface area contributed by atoms with Crippen molar-refractivity contribution in [3.63, 3.8) is 0 Å². The summed E-state index contributed by atoms with van der Waals surface area (Å²) in [5, 5.41) is 5.36. The number of carbonyl (C=O) groups is 2. The van der Waals surface area contributed by atoms with E-state index in [1.165, 1.54) is 0 Å². The molecule has 14 heavy (non-hydrogen) atoms. The van der Waals surface area contributed by atoms with Crippen LogP contribution < -0.4 is 10.6 Å². The number of amides is 2. The van der Waals surface area contributed by atoms with Crippen LogP contribution in [0.3, 0.4) is 0 Å². The van der Waals surface area contributed by atoms with E-state index >= 15 is 0 Å². The highest BCUT2D eigenvalue weighted by Crippen LogP contribution is 2.40. The lowest BCUT2D eigenvalue weighted by Gasteiger charge is -2.35. The summed E-state index contributed by atoms with van der Waals surface area (Å²) < 4.78 is 5.06. The number of methoxy groups -OCH3 is 1. The molecular formula is C9H14N2O3. The van der Waals surface area contributed by atoms with E-state index in [-0.39, 0.29) is 18.4 Å². The molecule has 0 bridgehead atoms. The van der Waals surface area contributed by atoms with Crippen molar-refractivity contribution in [3.8, 4) is 0 Å². The molecule has 1 atom stereocenters. The first kappa shape index (κ1) is 9.61. The third-order valence-electron chi connectivity index (χ3n) is 2.87. The highest BCUT2D eigenvalue weighted by molar-refractivity contribution is 6.03. The minimum Gasteiger partial charge on any atom is -0.382 e. The molecule has 1 saturated heterocycles. The first-order chi connectivity index (χ1) is 6.69. The molecule has 0 radical (unpaired) electrons. The van der Waals surface area contributed by atoms with E-state index in [1.807, 2.05) is 0 Å².